The van der Waals surface area contributed by atoms with E-state index in [-0.39, 0.29) is 23.6 Å². The molecule has 6 nitrogen and oxygen atoms in total. The molecule has 0 radical (unpaired) electrons. The summed E-state index contributed by atoms with van der Waals surface area (Å²) in [5.74, 6) is -0.955. The van der Waals surface area contributed by atoms with Crippen LogP contribution in [0.25, 0.3) is 0 Å². The minimum atomic E-state index is -3.62. The van der Waals surface area contributed by atoms with Crippen LogP contribution in [0.2, 0.25) is 0 Å². The number of thiophene rings is 1. The molecule has 0 bridgehead atoms. The number of carbonyl (C=O) groups is 1. The number of nitrogens with zero attached hydrogens (tertiary/aromatic N) is 2. The van der Waals surface area contributed by atoms with Crippen LogP contribution in [0.1, 0.15) is 17.7 Å². The van der Waals surface area contributed by atoms with Gasteiger partial charge in [-0.1, -0.05) is 0 Å². The van der Waals surface area contributed by atoms with Gasteiger partial charge in [-0.3, -0.25) is 4.79 Å². The first-order chi connectivity index (χ1) is 8.37. The molecule has 98 valence electrons. The van der Waals surface area contributed by atoms with Crippen molar-refractivity contribution >= 4 is 27.3 Å². The summed E-state index contributed by atoms with van der Waals surface area (Å²) in [6.07, 6.45) is 0.176. The zero-order valence-corrected chi connectivity index (χ0v) is 11.3. The fraction of sp³-hybridized carbons (Fsp3) is 0.400. The lowest BCUT2D eigenvalue weighted by Crippen LogP contribution is -2.27. The van der Waals surface area contributed by atoms with Crippen LogP contribution < -0.4 is 0 Å². The molecule has 0 spiro atoms. The van der Waals surface area contributed by atoms with Gasteiger partial charge in [0.1, 0.15) is 15.2 Å². The minimum Gasteiger partial charge on any atom is -0.481 e. The van der Waals surface area contributed by atoms with Crippen LogP contribution in [-0.4, -0.2) is 37.4 Å². The zero-order valence-electron chi connectivity index (χ0n) is 9.66. The topological polar surface area (TPSA) is 98.5 Å². The molecule has 1 aromatic rings. The number of hydrogen-bond donors (Lipinski definition) is 1. The van der Waals surface area contributed by atoms with Crippen molar-refractivity contribution < 1.29 is 18.3 Å². The zero-order chi connectivity index (χ0) is 13.8. The summed E-state index contributed by atoms with van der Waals surface area (Å²) in [5.41, 5.74) is 0. The smallest absolute Gasteiger partial charge is 0.303 e. The van der Waals surface area contributed by atoms with Crippen molar-refractivity contribution in [3.8, 4) is 6.07 Å². The fourth-order valence-corrected chi connectivity index (χ4v) is 3.77. The first-order valence-corrected chi connectivity index (χ1v) is 7.31. The van der Waals surface area contributed by atoms with Crippen LogP contribution >= 0.6 is 11.3 Å². The van der Waals surface area contributed by atoms with Crippen LogP contribution in [0, 0.1) is 11.3 Å². The van der Waals surface area contributed by atoms with E-state index in [1.807, 2.05) is 6.07 Å². The largest absolute Gasteiger partial charge is 0.481 e. The summed E-state index contributed by atoms with van der Waals surface area (Å²) in [6.45, 7) is 0.133. The molecule has 1 rings (SSSR count). The SMILES string of the molecule is CN(CCCC(=O)O)S(=O)(=O)c1ccc(C#N)s1. The van der Waals surface area contributed by atoms with Gasteiger partial charge in [0.2, 0.25) is 0 Å². The molecule has 0 aliphatic carbocycles. The van der Waals surface area contributed by atoms with Gasteiger partial charge >= 0.3 is 5.97 Å². The highest BCUT2D eigenvalue weighted by molar-refractivity contribution is 7.91. The minimum absolute atomic E-state index is 0.0756. The Bertz CT molecular complexity index is 571. The number of carboxylic acid groups (broad SMARTS) is 1. The third-order valence-corrected chi connectivity index (χ3v) is 5.53. The summed E-state index contributed by atoms with van der Waals surface area (Å²) in [6, 6.07) is 4.70. The van der Waals surface area contributed by atoms with Gasteiger partial charge in [-0.15, -0.1) is 11.3 Å². The molecular formula is C10H12N2O4S2. The van der Waals surface area contributed by atoms with E-state index >= 15 is 0 Å². The maximum atomic E-state index is 12.0. The van der Waals surface area contributed by atoms with Crippen molar-refractivity contribution in [1.29, 1.82) is 5.26 Å². The third-order valence-electron chi connectivity index (χ3n) is 2.22. The molecule has 18 heavy (non-hydrogen) atoms. The van der Waals surface area contributed by atoms with Gasteiger partial charge in [0.05, 0.1) is 0 Å². The van der Waals surface area contributed by atoms with E-state index in [1.165, 1.54) is 19.2 Å². The fourth-order valence-electron chi connectivity index (χ4n) is 1.25. The van der Waals surface area contributed by atoms with Crippen molar-refractivity contribution in [1.82, 2.24) is 4.31 Å². The van der Waals surface area contributed by atoms with E-state index < -0.39 is 16.0 Å². The second-order valence-corrected chi connectivity index (χ2v) is 6.91. The highest BCUT2D eigenvalue weighted by Gasteiger charge is 2.22. The Kier molecular flexibility index (Phi) is 4.84. The van der Waals surface area contributed by atoms with Gasteiger partial charge in [0.15, 0.2) is 0 Å². The average Bonchev–Trinajstić information content (AvgIpc) is 2.77. The van der Waals surface area contributed by atoms with E-state index in [0.29, 0.717) is 4.88 Å². The Morgan fingerprint density at radius 2 is 2.22 bits per heavy atom. The number of carboxylic acids is 1. The van der Waals surface area contributed by atoms with Gasteiger partial charge in [0.25, 0.3) is 10.0 Å². The van der Waals surface area contributed by atoms with Crippen LogP contribution in [0.15, 0.2) is 16.3 Å². The first kappa shape index (κ1) is 14.6. The predicted molar refractivity (Wildman–Crippen MR) is 65.7 cm³/mol. The van der Waals surface area contributed by atoms with E-state index in [2.05, 4.69) is 0 Å². The number of hydrogen-bond acceptors (Lipinski definition) is 5. The normalized spacial score (nSPS) is 11.4. The lowest BCUT2D eigenvalue weighted by atomic mass is 10.3. The Morgan fingerprint density at radius 1 is 1.56 bits per heavy atom. The van der Waals surface area contributed by atoms with E-state index in [0.717, 1.165) is 15.6 Å². The van der Waals surface area contributed by atoms with Gasteiger partial charge in [-0.2, -0.15) is 5.26 Å². The Morgan fingerprint density at radius 3 is 2.72 bits per heavy atom. The van der Waals surface area contributed by atoms with Gasteiger partial charge < -0.3 is 5.11 Å². The quantitative estimate of drug-likeness (QED) is 0.845. The molecule has 0 atom stereocenters. The molecule has 1 heterocycles. The summed E-state index contributed by atoms with van der Waals surface area (Å²) in [5, 5.41) is 17.1. The highest BCUT2D eigenvalue weighted by Crippen LogP contribution is 2.23. The number of sulfonamides is 1. The number of nitriles is 1. The molecule has 1 aromatic heterocycles. The molecule has 0 saturated carbocycles. The van der Waals surface area contributed by atoms with Crippen molar-refractivity contribution in [2.24, 2.45) is 0 Å². The monoisotopic (exact) mass is 288 g/mol. The highest BCUT2D eigenvalue weighted by atomic mass is 32.2. The molecule has 0 aromatic carbocycles. The van der Waals surface area contributed by atoms with E-state index in [1.54, 1.807) is 0 Å². The van der Waals surface area contributed by atoms with Gasteiger partial charge in [-0.05, 0) is 18.6 Å². The lowest BCUT2D eigenvalue weighted by Gasteiger charge is -2.15. The first-order valence-electron chi connectivity index (χ1n) is 5.06. The van der Waals surface area contributed by atoms with Crippen LogP contribution in [0.4, 0.5) is 0 Å². The standard InChI is InChI=1S/C10H12N2O4S2/c1-12(6-2-3-9(13)14)18(15,16)10-5-4-8(7-11)17-10/h4-5H,2-3,6H2,1H3,(H,13,14). The van der Waals surface area contributed by atoms with Crippen LogP contribution in [-0.2, 0) is 14.8 Å². The van der Waals surface area contributed by atoms with Crippen molar-refractivity contribution in [3.05, 3.63) is 17.0 Å². The molecule has 0 aliphatic rings. The molecule has 0 aliphatic heterocycles. The molecule has 1 N–H and O–H groups in total. The van der Waals surface area contributed by atoms with Crippen LogP contribution in [0.5, 0.6) is 0 Å². The lowest BCUT2D eigenvalue weighted by molar-refractivity contribution is -0.137. The van der Waals surface area contributed by atoms with Crippen molar-refractivity contribution in [3.63, 3.8) is 0 Å². The average molecular weight is 288 g/mol. The second kappa shape index (κ2) is 5.95. The predicted octanol–water partition coefficient (Wildman–Crippen LogP) is 1.11. The Hall–Kier alpha value is -1.43. The molecule has 0 unspecified atom stereocenters. The third kappa shape index (κ3) is 3.53. The summed E-state index contributed by atoms with van der Waals surface area (Å²) < 4.78 is 25.2. The maximum Gasteiger partial charge on any atom is 0.303 e. The molecule has 8 heteroatoms. The molecule has 0 saturated heterocycles. The maximum absolute atomic E-state index is 12.0. The molecular weight excluding hydrogens is 276 g/mol. The van der Waals surface area contributed by atoms with Gasteiger partial charge in [-0.25, -0.2) is 12.7 Å². The van der Waals surface area contributed by atoms with Crippen molar-refractivity contribution in [2.45, 2.75) is 17.1 Å². The number of rotatable bonds is 6. The summed E-state index contributed by atoms with van der Waals surface area (Å²) in [4.78, 5) is 10.7. The summed E-state index contributed by atoms with van der Waals surface area (Å²) in [7, 11) is -2.23. The van der Waals surface area contributed by atoms with Crippen LogP contribution in [0.3, 0.4) is 0 Å². The second-order valence-electron chi connectivity index (χ2n) is 3.55. The van der Waals surface area contributed by atoms with E-state index in [4.69, 9.17) is 10.4 Å². The van der Waals surface area contributed by atoms with E-state index in [9.17, 15) is 13.2 Å². The summed E-state index contributed by atoms with van der Waals surface area (Å²) >= 11 is 0.901. The van der Waals surface area contributed by atoms with Crippen molar-refractivity contribution in [2.75, 3.05) is 13.6 Å². The Balaban J connectivity index is 2.74. The number of aliphatic carboxylic acids is 1. The van der Waals surface area contributed by atoms with Gasteiger partial charge in [0, 0.05) is 20.0 Å². The molecule has 0 fully saturated rings. The Labute approximate surface area is 109 Å². The molecule has 0 amide bonds.